The minimum Gasteiger partial charge on any atom is -0.326 e. The molecule has 1 aliphatic heterocycles. The molecule has 0 aromatic heterocycles. The highest BCUT2D eigenvalue weighted by Gasteiger charge is 2.36. The van der Waals surface area contributed by atoms with Crippen LogP contribution in [0.25, 0.3) is 0 Å². The molecule has 1 aromatic carbocycles. The van der Waals surface area contributed by atoms with Gasteiger partial charge >= 0.3 is 0 Å². The van der Waals surface area contributed by atoms with E-state index in [1.807, 2.05) is 6.92 Å². The molecule has 2 rings (SSSR count). The minimum absolute atomic E-state index is 0.0592. The summed E-state index contributed by atoms with van der Waals surface area (Å²) in [4.78, 5) is 10.3. The number of nitrogens with zero attached hydrogens (tertiary/aromatic N) is 2. The molecule has 0 radical (unpaired) electrons. The lowest BCUT2D eigenvalue weighted by molar-refractivity contribution is -0.385. The average molecular weight is 299 g/mol. The lowest BCUT2D eigenvalue weighted by Gasteiger charge is -2.16. The van der Waals surface area contributed by atoms with E-state index in [0.717, 1.165) is 6.07 Å². The monoisotopic (exact) mass is 299 g/mol. The Morgan fingerprint density at radius 2 is 2.05 bits per heavy atom. The molecule has 0 aliphatic carbocycles. The fourth-order valence-electron chi connectivity index (χ4n) is 2.24. The molecule has 1 aromatic rings. The van der Waals surface area contributed by atoms with Crippen molar-refractivity contribution >= 4 is 15.7 Å². The van der Waals surface area contributed by atoms with Crippen LogP contribution in [0.5, 0.6) is 0 Å². The van der Waals surface area contributed by atoms with Gasteiger partial charge in [0.2, 0.25) is 10.0 Å². The maximum atomic E-state index is 12.5. The van der Waals surface area contributed by atoms with E-state index < -0.39 is 14.9 Å². The van der Waals surface area contributed by atoms with E-state index >= 15 is 0 Å². The molecule has 2 atom stereocenters. The van der Waals surface area contributed by atoms with Gasteiger partial charge in [0.1, 0.15) is 0 Å². The number of hydrogen-bond acceptors (Lipinski definition) is 5. The third kappa shape index (κ3) is 2.54. The van der Waals surface area contributed by atoms with E-state index in [2.05, 4.69) is 0 Å². The summed E-state index contributed by atoms with van der Waals surface area (Å²) in [7, 11) is -3.73. The third-order valence-corrected chi connectivity index (χ3v) is 5.48. The van der Waals surface area contributed by atoms with Crippen LogP contribution in [0, 0.1) is 23.0 Å². The van der Waals surface area contributed by atoms with Gasteiger partial charge in [-0.25, -0.2) is 8.42 Å². The van der Waals surface area contributed by atoms with Gasteiger partial charge in [-0.3, -0.25) is 10.1 Å². The van der Waals surface area contributed by atoms with Gasteiger partial charge in [0.15, 0.2) is 0 Å². The van der Waals surface area contributed by atoms with Crippen molar-refractivity contribution in [2.45, 2.75) is 24.8 Å². The van der Waals surface area contributed by atoms with Crippen molar-refractivity contribution in [2.75, 3.05) is 13.1 Å². The van der Waals surface area contributed by atoms with Crippen molar-refractivity contribution in [3.05, 3.63) is 33.9 Å². The first-order valence-corrected chi connectivity index (χ1v) is 7.68. The van der Waals surface area contributed by atoms with Crippen molar-refractivity contribution < 1.29 is 13.3 Å². The SMILES string of the molecule is Cc1ccc(S(=O)(=O)N2CC(C)C(N)C2)cc1[N+](=O)[O-]. The van der Waals surface area contributed by atoms with Crippen LogP contribution in [0.2, 0.25) is 0 Å². The fourth-order valence-corrected chi connectivity index (χ4v) is 3.84. The average Bonchev–Trinajstić information content (AvgIpc) is 2.70. The predicted molar refractivity (Wildman–Crippen MR) is 73.7 cm³/mol. The van der Waals surface area contributed by atoms with Gasteiger partial charge < -0.3 is 5.73 Å². The van der Waals surface area contributed by atoms with Gasteiger partial charge in [-0.1, -0.05) is 13.0 Å². The summed E-state index contributed by atoms with van der Waals surface area (Å²) in [5, 5.41) is 10.9. The molecule has 0 amide bonds. The minimum atomic E-state index is -3.73. The maximum Gasteiger partial charge on any atom is 0.273 e. The summed E-state index contributed by atoms with van der Waals surface area (Å²) in [6.07, 6.45) is 0. The summed E-state index contributed by atoms with van der Waals surface area (Å²) in [5.41, 5.74) is 6.07. The molecule has 8 heteroatoms. The lowest BCUT2D eigenvalue weighted by atomic mass is 10.1. The highest BCUT2D eigenvalue weighted by molar-refractivity contribution is 7.89. The second-order valence-corrected chi connectivity index (χ2v) is 7.11. The van der Waals surface area contributed by atoms with Gasteiger partial charge in [0, 0.05) is 30.8 Å². The highest BCUT2D eigenvalue weighted by Crippen LogP contribution is 2.27. The van der Waals surface area contributed by atoms with Crippen LogP contribution in [0.3, 0.4) is 0 Å². The number of rotatable bonds is 3. The Hall–Kier alpha value is -1.51. The Morgan fingerprint density at radius 3 is 2.55 bits per heavy atom. The van der Waals surface area contributed by atoms with Crippen molar-refractivity contribution in [3.63, 3.8) is 0 Å². The van der Waals surface area contributed by atoms with Crippen LogP contribution in [-0.2, 0) is 10.0 Å². The molecule has 110 valence electrons. The van der Waals surface area contributed by atoms with Gasteiger partial charge in [-0.05, 0) is 18.9 Å². The van der Waals surface area contributed by atoms with Crippen molar-refractivity contribution in [3.8, 4) is 0 Å². The smallest absolute Gasteiger partial charge is 0.273 e. The topological polar surface area (TPSA) is 107 Å². The zero-order chi connectivity index (χ0) is 15.1. The number of nitro groups is 1. The zero-order valence-electron chi connectivity index (χ0n) is 11.3. The number of benzene rings is 1. The van der Waals surface area contributed by atoms with Crippen LogP contribution < -0.4 is 5.73 Å². The normalized spacial score (nSPS) is 23.9. The van der Waals surface area contributed by atoms with Crippen LogP contribution in [0.15, 0.2) is 23.1 Å². The zero-order valence-corrected chi connectivity index (χ0v) is 12.1. The summed E-state index contributed by atoms with van der Waals surface area (Å²) in [6.45, 7) is 4.04. The number of sulfonamides is 1. The Labute approximate surface area is 117 Å². The molecule has 1 saturated heterocycles. The van der Waals surface area contributed by atoms with Crippen LogP contribution in [0.4, 0.5) is 5.69 Å². The summed E-state index contributed by atoms with van der Waals surface area (Å²) in [6, 6.07) is 3.75. The molecular formula is C12H17N3O4S. The number of hydrogen-bond donors (Lipinski definition) is 1. The standard InChI is InChI=1S/C12H17N3O4S/c1-8-3-4-10(5-12(8)15(16)17)20(18,19)14-6-9(2)11(13)7-14/h3-5,9,11H,6-7,13H2,1-2H3. The summed E-state index contributed by atoms with van der Waals surface area (Å²) in [5.74, 6) is 0.0743. The molecule has 2 unspecified atom stereocenters. The van der Waals surface area contributed by atoms with Crippen molar-refractivity contribution in [1.82, 2.24) is 4.31 Å². The summed E-state index contributed by atoms with van der Waals surface area (Å²) < 4.78 is 26.2. The Bertz CT molecular complexity index is 634. The van der Waals surface area contributed by atoms with Crippen LogP contribution in [0.1, 0.15) is 12.5 Å². The molecule has 2 N–H and O–H groups in total. The molecule has 0 saturated carbocycles. The van der Waals surface area contributed by atoms with Gasteiger partial charge in [0.05, 0.1) is 9.82 Å². The van der Waals surface area contributed by atoms with Gasteiger partial charge in [-0.15, -0.1) is 0 Å². The van der Waals surface area contributed by atoms with Crippen molar-refractivity contribution in [1.29, 1.82) is 0 Å². The largest absolute Gasteiger partial charge is 0.326 e. The van der Waals surface area contributed by atoms with E-state index in [1.54, 1.807) is 6.92 Å². The molecule has 1 aliphatic rings. The second-order valence-electron chi connectivity index (χ2n) is 5.17. The molecule has 1 fully saturated rings. The third-order valence-electron chi connectivity index (χ3n) is 3.65. The van der Waals surface area contributed by atoms with Gasteiger partial charge in [0.25, 0.3) is 5.69 Å². The number of nitro benzene ring substituents is 1. The van der Waals surface area contributed by atoms with E-state index in [4.69, 9.17) is 5.73 Å². The molecule has 7 nitrogen and oxygen atoms in total. The molecule has 0 bridgehead atoms. The van der Waals surface area contributed by atoms with E-state index in [1.165, 1.54) is 16.4 Å². The van der Waals surface area contributed by atoms with Crippen LogP contribution in [-0.4, -0.2) is 36.8 Å². The van der Waals surface area contributed by atoms with E-state index in [9.17, 15) is 18.5 Å². The first kappa shape index (κ1) is 14.9. The highest BCUT2D eigenvalue weighted by atomic mass is 32.2. The second kappa shape index (κ2) is 5.12. The summed E-state index contributed by atoms with van der Waals surface area (Å²) >= 11 is 0. The Balaban J connectivity index is 2.40. The van der Waals surface area contributed by atoms with E-state index in [-0.39, 0.29) is 29.1 Å². The lowest BCUT2D eigenvalue weighted by Crippen LogP contribution is -2.32. The molecule has 20 heavy (non-hydrogen) atoms. The molecule has 0 spiro atoms. The fraction of sp³-hybridized carbons (Fsp3) is 0.500. The Morgan fingerprint density at radius 1 is 1.40 bits per heavy atom. The Kier molecular flexibility index (Phi) is 3.81. The van der Waals surface area contributed by atoms with Crippen molar-refractivity contribution in [2.24, 2.45) is 11.7 Å². The quantitative estimate of drug-likeness (QED) is 0.658. The maximum absolute atomic E-state index is 12.5. The number of nitrogens with two attached hydrogens (primary N) is 1. The number of aryl methyl sites for hydroxylation is 1. The first-order chi connectivity index (χ1) is 9.23. The molecule has 1 heterocycles. The first-order valence-electron chi connectivity index (χ1n) is 6.24. The van der Waals surface area contributed by atoms with Gasteiger partial charge in [-0.2, -0.15) is 4.31 Å². The molecular weight excluding hydrogens is 282 g/mol. The van der Waals surface area contributed by atoms with Crippen LogP contribution >= 0.6 is 0 Å². The van der Waals surface area contributed by atoms with E-state index in [0.29, 0.717) is 12.1 Å². The predicted octanol–water partition coefficient (Wildman–Crippen LogP) is 0.871.